The van der Waals surface area contributed by atoms with Gasteiger partial charge in [-0.25, -0.2) is 13.8 Å². The number of guanidine groups is 1. The third kappa shape index (κ3) is 5.90. The van der Waals surface area contributed by atoms with E-state index in [1.54, 1.807) is 11.9 Å². The van der Waals surface area contributed by atoms with Gasteiger partial charge in [-0.1, -0.05) is 0 Å². The van der Waals surface area contributed by atoms with Crippen molar-refractivity contribution >= 4 is 47.0 Å². The number of piperazine rings is 1. The van der Waals surface area contributed by atoms with E-state index < -0.39 is 23.5 Å². The number of nitrogens with one attached hydrogen (secondary N) is 1. The van der Waals surface area contributed by atoms with Crippen LogP contribution >= 0.6 is 35.3 Å². The lowest BCUT2D eigenvalue weighted by atomic mass is 10.2. The summed E-state index contributed by atoms with van der Waals surface area (Å²) in [6.45, 7) is 2.03. The van der Waals surface area contributed by atoms with Crippen molar-refractivity contribution in [1.82, 2.24) is 15.2 Å². The highest BCUT2D eigenvalue weighted by molar-refractivity contribution is 14.0. The van der Waals surface area contributed by atoms with E-state index in [1.807, 2.05) is 4.90 Å². The number of rotatable bonds is 3. The van der Waals surface area contributed by atoms with E-state index in [4.69, 9.17) is 0 Å². The molecule has 5 nitrogen and oxygen atoms in total. The Morgan fingerprint density at radius 3 is 2.48 bits per heavy atom. The van der Waals surface area contributed by atoms with Crippen molar-refractivity contribution in [2.45, 2.75) is 12.7 Å². The average molecular weight is 547 g/mol. The molecule has 1 saturated heterocycles. The second-order valence-corrected chi connectivity index (χ2v) is 7.04. The molecular weight excluding hydrogens is 528 g/mol. The molecule has 29 heavy (non-hydrogen) atoms. The van der Waals surface area contributed by atoms with Crippen molar-refractivity contribution in [2.75, 3.05) is 38.1 Å². The summed E-state index contributed by atoms with van der Waals surface area (Å²) in [7, 11) is 1.57. The van der Waals surface area contributed by atoms with Gasteiger partial charge >= 0.3 is 6.18 Å². The number of aliphatic imine (C=N–C) groups is 1. The molecule has 2 heterocycles. The van der Waals surface area contributed by atoms with E-state index in [0.717, 1.165) is 28.8 Å². The Bertz CT molecular complexity index is 849. The molecule has 0 saturated carbocycles. The lowest BCUT2D eigenvalue weighted by Crippen LogP contribution is -2.52. The molecule has 0 aliphatic carbocycles. The Labute approximate surface area is 185 Å². The van der Waals surface area contributed by atoms with Crippen molar-refractivity contribution in [3.05, 3.63) is 45.9 Å². The molecule has 0 spiro atoms. The number of hydrogen-bond donors (Lipinski definition) is 1. The third-order valence-electron chi connectivity index (χ3n) is 4.28. The van der Waals surface area contributed by atoms with Gasteiger partial charge in [-0.15, -0.1) is 35.3 Å². The maximum Gasteiger partial charge on any atom is 0.434 e. The molecule has 1 aliphatic heterocycles. The number of thiazole rings is 1. The fraction of sp³-hybridized carbons (Fsp3) is 0.412. The molecule has 1 aromatic heterocycles. The van der Waals surface area contributed by atoms with Crippen molar-refractivity contribution in [1.29, 1.82) is 0 Å². The van der Waals surface area contributed by atoms with Crippen LogP contribution in [0.5, 0.6) is 0 Å². The minimum Gasteiger partial charge on any atom is -0.366 e. The monoisotopic (exact) mass is 547 g/mol. The minimum absolute atomic E-state index is 0. The molecule has 0 radical (unpaired) electrons. The van der Waals surface area contributed by atoms with Gasteiger partial charge in [0.1, 0.15) is 16.6 Å². The molecule has 0 amide bonds. The number of hydrogen-bond acceptors (Lipinski definition) is 4. The highest BCUT2D eigenvalue weighted by Crippen LogP contribution is 2.30. The van der Waals surface area contributed by atoms with Gasteiger partial charge in [-0.05, 0) is 12.1 Å². The lowest BCUT2D eigenvalue weighted by Gasteiger charge is -2.37. The van der Waals surface area contributed by atoms with Crippen LogP contribution in [0.25, 0.3) is 0 Å². The quantitative estimate of drug-likeness (QED) is 0.274. The van der Waals surface area contributed by atoms with Crippen LogP contribution < -0.4 is 10.2 Å². The minimum atomic E-state index is -4.46. The first kappa shape index (κ1) is 23.6. The number of anilines is 1. The van der Waals surface area contributed by atoms with Crippen LogP contribution in [-0.4, -0.2) is 49.1 Å². The van der Waals surface area contributed by atoms with Gasteiger partial charge in [0.05, 0.1) is 12.2 Å². The third-order valence-corrected chi connectivity index (χ3v) is 5.13. The molecule has 1 fully saturated rings. The molecule has 1 N–H and O–H groups in total. The predicted octanol–water partition coefficient (Wildman–Crippen LogP) is 3.96. The van der Waals surface area contributed by atoms with Gasteiger partial charge in [0.25, 0.3) is 0 Å². The number of nitrogens with zero attached hydrogens (tertiary/aromatic N) is 4. The second-order valence-electron chi connectivity index (χ2n) is 6.09. The Hall–Kier alpha value is -1.70. The molecular formula is C17H19F5IN5S. The first-order chi connectivity index (χ1) is 13.3. The van der Waals surface area contributed by atoms with E-state index in [1.165, 1.54) is 6.07 Å². The summed E-state index contributed by atoms with van der Waals surface area (Å²) >= 11 is 0.924. The van der Waals surface area contributed by atoms with Gasteiger partial charge in [-0.3, -0.25) is 4.99 Å². The zero-order valence-corrected chi connectivity index (χ0v) is 18.5. The van der Waals surface area contributed by atoms with E-state index in [0.29, 0.717) is 37.1 Å². The zero-order valence-electron chi connectivity index (χ0n) is 15.3. The summed E-state index contributed by atoms with van der Waals surface area (Å²) in [4.78, 5) is 11.4. The smallest absolute Gasteiger partial charge is 0.366 e. The van der Waals surface area contributed by atoms with Gasteiger partial charge in [0.15, 0.2) is 11.7 Å². The maximum atomic E-state index is 13.9. The van der Waals surface area contributed by atoms with Gasteiger partial charge in [-0.2, -0.15) is 13.2 Å². The summed E-state index contributed by atoms with van der Waals surface area (Å²) in [6, 6.07) is 3.34. The van der Waals surface area contributed by atoms with E-state index in [2.05, 4.69) is 15.3 Å². The van der Waals surface area contributed by atoms with Crippen molar-refractivity contribution in [3.63, 3.8) is 0 Å². The summed E-state index contributed by atoms with van der Waals surface area (Å²) in [5.74, 6) is -0.470. The Balaban J connectivity index is 0.00000300. The number of halogens is 6. The van der Waals surface area contributed by atoms with Crippen LogP contribution in [0.2, 0.25) is 0 Å². The van der Waals surface area contributed by atoms with E-state index >= 15 is 0 Å². The van der Waals surface area contributed by atoms with Crippen LogP contribution in [0.3, 0.4) is 0 Å². The van der Waals surface area contributed by atoms with Gasteiger partial charge in [0.2, 0.25) is 0 Å². The number of alkyl halides is 3. The molecule has 1 aliphatic rings. The molecule has 1 aromatic carbocycles. The molecule has 0 bridgehead atoms. The normalized spacial score (nSPS) is 15.3. The Kier molecular flexibility index (Phi) is 8.02. The molecule has 3 rings (SSSR count). The molecule has 0 unspecified atom stereocenters. The van der Waals surface area contributed by atoms with Crippen LogP contribution in [0.1, 0.15) is 10.7 Å². The summed E-state index contributed by atoms with van der Waals surface area (Å²) < 4.78 is 65.2. The summed E-state index contributed by atoms with van der Waals surface area (Å²) in [5.41, 5.74) is -0.694. The highest BCUT2D eigenvalue weighted by atomic mass is 127. The SMILES string of the molecule is CN=C(NCc1nc(C(F)(F)F)cs1)N1CCN(c2cc(F)ccc2F)CC1.I. The molecule has 2 aromatic rings. The second kappa shape index (κ2) is 9.87. The Morgan fingerprint density at radius 2 is 1.90 bits per heavy atom. The standard InChI is InChI=1S/C17H18F5N5S.HI/c1-23-16(24-9-15-25-14(10-28-15)17(20,21)22)27-6-4-26(5-7-27)13-8-11(18)2-3-12(13)19;/h2-3,8,10H,4-7,9H2,1H3,(H,23,24);1H. The molecule has 160 valence electrons. The zero-order chi connectivity index (χ0) is 20.3. The van der Waals surface area contributed by atoms with Crippen LogP contribution in [0.4, 0.5) is 27.6 Å². The maximum absolute atomic E-state index is 13.9. The largest absolute Gasteiger partial charge is 0.434 e. The van der Waals surface area contributed by atoms with Gasteiger partial charge in [0, 0.05) is 44.7 Å². The topological polar surface area (TPSA) is 43.8 Å². The van der Waals surface area contributed by atoms with Crippen LogP contribution in [0.15, 0.2) is 28.6 Å². The van der Waals surface area contributed by atoms with E-state index in [-0.39, 0.29) is 36.2 Å². The number of benzene rings is 1. The first-order valence-corrected chi connectivity index (χ1v) is 9.33. The van der Waals surface area contributed by atoms with Crippen molar-refractivity contribution < 1.29 is 22.0 Å². The van der Waals surface area contributed by atoms with E-state index in [9.17, 15) is 22.0 Å². The summed E-state index contributed by atoms with van der Waals surface area (Å²) in [6.07, 6.45) is -4.46. The predicted molar refractivity (Wildman–Crippen MR) is 113 cm³/mol. The van der Waals surface area contributed by atoms with Crippen molar-refractivity contribution in [3.8, 4) is 0 Å². The fourth-order valence-electron chi connectivity index (χ4n) is 2.90. The first-order valence-electron chi connectivity index (χ1n) is 8.45. The summed E-state index contributed by atoms with van der Waals surface area (Å²) in [5, 5.41) is 4.28. The Morgan fingerprint density at radius 1 is 1.21 bits per heavy atom. The fourth-order valence-corrected chi connectivity index (χ4v) is 3.64. The van der Waals surface area contributed by atoms with Crippen LogP contribution in [0, 0.1) is 11.6 Å². The van der Waals surface area contributed by atoms with Crippen molar-refractivity contribution in [2.24, 2.45) is 4.99 Å². The molecule has 0 atom stereocenters. The lowest BCUT2D eigenvalue weighted by molar-refractivity contribution is -0.140. The van der Waals surface area contributed by atoms with Gasteiger partial charge < -0.3 is 15.1 Å². The average Bonchev–Trinajstić information content (AvgIpc) is 3.14. The van der Waals surface area contributed by atoms with Crippen LogP contribution in [-0.2, 0) is 12.7 Å². The number of aromatic nitrogens is 1. The molecule has 12 heteroatoms. The highest BCUT2D eigenvalue weighted by Gasteiger charge is 2.33.